The van der Waals surface area contributed by atoms with Crippen LogP contribution in [-0.2, 0) is 4.79 Å². The number of benzene rings is 1. The summed E-state index contributed by atoms with van der Waals surface area (Å²) in [5.74, 6) is 0.154. The Bertz CT molecular complexity index is 790. The van der Waals surface area contributed by atoms with E-state index in [4.69, 9.17) is 11.6 Å². The molecule has 1 N–H and O–H groups in total. The van der Waals surface area contributed by atoms with Crippen LogP contribution in [0, 0.1) is 6.92 Å². The lowest BCUT2D eigenvalue weighted by Crippen LogP contribution is -2.48. The molecular formula is C17H18ClN5O2. The second-order valence-electron chi connectivity index (χ2n) is 5.76. The maximum Gasteiger partial charge on any atom is 0.272 e. The zero-order valence-corrected chi connectivity index (χ0v) is 14.5. The highest BCUT2D eigenvalue weighted by Crippen LogP contribution is 2.23. The SMILES string of the molecule is Cc1cc(C(=O)N2CCN(C=O)CC2)nc(Nc2ccccc2Cl)n1. The monoisotopic (exact) mass is 359 g/mol. The molecule has 1 aliphatic heterocycles. The first-order valence-electron chi connectivity index (χ1n) is 7.92. The van der Waals surface area contributed by atoms with E-state index in [9.17, 15) is 9.59 Å². The maximum atomic E-state index is 12.7. The van der Waals surface area contributed by atoms with Crippen LogP contribution in [0.2, 0.25) is 5.02 Å². The van der Waals surface area contributed by atoms with Crippen LogP contribution in [0.25, 0.3) is 0 Å². The van der Waals surface area contributed by atoms with Crippen molar-refractivity contribution in [3.05, 3.63) is 46.7 Å². The van der Waals surface area contributed by atoms with Crippen molar-refractivity contribution >= 4 is 35.6 Å². The number of carbonyl (C=O) groups is 2. The largest absolute Gasteiger partial charge is 0.342 e. The van der Waals surface area contributed by atoms with Gasteiger partial charge in [-0.25, -0.2) is 9.97 Å². The lowest BCUT2D eigenvalue weighted by atomic mass is 10.2. The Morgan fingerprint density at radius 2 is 1.92 bits per heavy atom. The Hall–Kier alpha value is -2.67. The third-order valence-electron chi connectivity index (χ3n) is 3.94. The molecule has 0 atom stereocenters. The molecule has 2 amide bonds. The molecule has 0 unspecified atom stereocenters. The number of halogens is 1. The smallest absolute Gasteiger partial charge is 0.272 e. The van der Waals surface area contributed by atoms with Gasteiger partial charge < -0.3 is 15.1 Å². The zero-order chi connectivity index (χ0) is 17.8. The van der Waals surface area contributed by atoms with Crippen molar-refractivity contribution < 1.29 is 9.59 Å². The number of hydrogen-bond donors (Lipinski definition) is 1. The maximum absolute atomic E-state index is 12.7. The number of aryl methyl sites for hydroxylation is 1. The zero-order valence-electron chi connectivity index (χ0n) is 13.8. The third-order valence-corrected chi connectivity index (χ3v) is 4.27. The quantitative estimate of drug-likeness (QED) is 0.846. The number of piperazine rings is 1. The van der Waals surface area contributed by atoms with Crippen molar-refractivity contribution in [3.8, 4) is 0 Å². The first-order valence-corrected chi connectivity index (χ1v) is 8.30. The summed E-state index contributed by atoms with van der Waals surface area (Å²) in [7, 11) is 0. The van der Waals surface area contributed by atoms with Gasteiger partial charge in [-0.1, -0.05) is 23.7 Å². The summed E-state index contributed by atoms with van der Waals surface area (Å²) in [6, 6.07) is 8.92. The summed E-state index contributed by atoms with van der Waals surface area (Å²) in [6.07, 6.45) is 0.808. The molecular weight excluding hydrogens is 342 g/mol. The Morgan fingerprint density at radius 1 is 1.20 bits per heavy atom. The van der Waals surface area contributed by atoms with Crippen molar-refractivity contribution in [1.29, 1.82) is 0 Å². The first-order chi connectivity index (χ1) is 12.1. The minimum absolute atomic E-state index is 0.168. The van der Waals surface area contributed by atoms with Crippen LogP contribution >= 0.6 is 11.6 Å². The average molecular weight is 360 g/mol. The summed E-state index contributed by atoms with van der Waals surface area (Å²) in [5, 5.41) is 3.59. The molecule has 1 saturated heterocycles. The molecule has 2 aromatic rings. The first kappa shape index (κ1) is 17.2. The van der Waals surface area contributed by atoms with Gasteiger partial charge >= 0.3 is 0 Å². The summed E-state index contributed by atoms with van der Waals surface area (Å²) < 4.78 is 0. The summed E-state index contributed by atoms with van der Waals surface area (Å²) >= 11 is 6.14. The van der Waals surface area contributed by atoms with Crippen molar-refractivity contribution in [3.63, 3.8) is 0 Å². The topological polar surface area (TPSA) is 78.4 Å². The number of carbonyl (C=O) groups excluding carboxylic acids is 2. The fraction of sp³-hybridized carbons (Fsp3) is 0.294. The number of nitrogens with zero attached hydrogens (tertiary/aromatic N) is 4. The van der Waals surface area contributed by atoms with E-state index in [1.807, 2.05) is 18.2 Å². The van der Waals surface area contributed by atoms with Crippen molar-refractivity contribution in [1.82, 2.24) is 19.8 Å². The summed E-state index contributed by atoms with van der Waals surface area (Å²) in [4.78, 5) is 35.5. The molecule has 1 fully saturated rings. The summed E-state index contributed by atoms with van der Waals surface area (Å²) in [6.45, 7) is 3.86. The molecule has 0 saturated carbocycles. The molecule has 1 aromatic carbocycles. The van der Waals surface area contributed by atoms with Crippen LogP contribution in [0.3, 0.4) is 0 Å². The van der Waals surface area contributed by atoms with Gasteiger partial charge in [-0.2, -0.15) is 0 Å². The van der Waals surface area contributed by atoms with E-state index in [1.165, 1.54) is 0 Å². The number of aromatic nitrogens is 2. The lowest BCUT2D eigenvalue weighted by Gasteiger charge is -2.32. The predicted octanol–water partition coefficient (Wildman–Crippen LogP) is 2.10. The van der Waals surface area contributed by atoms with Gasteiger partial charge in [0, 0.05) is 31.9 Å². The van der Waals surface area contributed by atoms with E-state index in [2.05, 4.69) is 15.3 Å². The molecule has 0 aliphatic carbocycles. The van der Waals surface area contributed by atoms with Gasteiger partial charge in [-0.3, -0.25) is 9.59 Å². The van der Waals surface area contributed by atoms with Gasteiger partial charge in [-0.15, -0.1) is 0 Å². The number of para-hydroxylation sites is 1. The Balaban J connectivity index is 1.78. The van der Waals surface area contributed by atoms with Gasteiger partial charge in [0.25, 0.3) is 5.91 Å². The van der Waals surface area contributed by atoms with Gasteiger partial charge in [0.15, 0.2) is 0 Å². The van der Waals surface area contributed by atoms with Crippen LogP contribution in [0.15, 0.2) is 30.3 Å². The Kier molecular flexibility index (Phi) is 5.14. The van der Waals surface area contributed by atoms with Crippen LogP contribution in [0.5, 0.6) is 0 Å². The fourth-order valence-corrected chi connectivity index (χ4v) is 2.79. The Morgan fingerprint density at radius 3 is 2.60 bits per heavy atom. The van der Waals surface area contributed by atoms with E-state index in [0.29, 0.717) is 54.2 Å². The fourth-order valence-electron chi connectivity index (χ4n) is 2.61. The number of amides is 2. The number of anilines is 2. The van der Waals surface area contributed by atoms with E-state index in [1.54, 1.807) is 28.9 Å². The van der Waals surface area contributed by atoms with Crippen molar-refractivity contribution in [2.24, 2.45) is 0 Å². The second kappa shape index (κ2) is 7.48. The lowest BCUT2D eigenvalue weighted by molar-refractivity contribution is -0.119. The number of rotatable bonds is 4. The molecule has 0 radical (unpaired) electrons. The minimum atomic E-state index is -0.168. The standard InChI is InChI=1S/C17H18ClN5O2/c1-12-10-15(16(25)23-8-6-22(11-24)7-9-23)21-17(19-12)20-14-5-3-2-4-13(14)18/h2-5,10-11H,6-9H2,1H3,(H,19,20,21). The minimum Gasteiger partial charge on any atom is -0.342 e. The second-order valence-corrected chi connectivity index (χ2v) is 6.16. The highest BCUT2D eigenvalue weighted by atomic mass is 35.5. The molecule has 8 heteroatoms. The van der Waals surface area contributed by atoms with Crippen LogP contribution in [0.4, 0.5) is 11.6 Å². The average Bonchev–Trinajstić information content (AvgIpc) is 2.62. The van der Waals surface area contributed by atoms with Crippen molar-refractivity contribution in [2.75, 3.05) is 31.5 Å². The van der Waals surface area contributed by atoms with Crippen molar-refractivity contribution in [2.45, 2.75) is 6.92 Å². The van der Waals surface area contributed by atoms with E-state index >= 15 is 0 Å². The van der Waals surface area contributed by atoms with E-state index in [0.717, 1.165) is 6.41 Å². The third kappa shape index (κ3) is 4.06. The predicted molar refractivity (Wildman–Crippen MR) is 95.0 cm³/mol. The molecule has 1 aliphatic rings. The molecule has 3 rings (SSSR count). The summed E-state index contributed by atoms with van der Waals surface area (Å²) in [5.41, 5.74) is 1.67. The normalized spacial score (nSPS) is 14.3. The highest BCUT2D eigenvalue weighted by molar-refractivity contribution is 6.33. The Labute approximate surface area is 150 Å². The molecule has 7 nitrogen and oxygen atoms in total. The van der Waals surface area contributed by atoms with E-state index in [-0.39, 0.29) is 5.91 Å². The number of hydrogen-bond acceptors (Lipinski definition) is 5. The van der Waals surface area contributed by atoms with Crippen LogP contribution in [-0.4, -0.2) is 58.3 Å². The molecule has 0 spiro atoms. The molecule has 25 heavy (non-hydrogen) atoms. The van der Waals surface area contributed by atoms with Gasteiger partial charge in [0.05, 0.1) is 10.7 Å². The molecule has 2 heterocycles. The van der Waals surface area contributed by atoms with Crippen LogP contribution in [0.1, 0.15) is 16.2 Å². The van der Waals surface area contributed by atoms with E-state index < -0.39 is 0 Å². The van der Waals surface area contributed by atoms with Crippen LogP contribution < -0.4 is 5.32 Å². The van der Waals surface area contributed by atoms with Gasteiger partial charge in [0.2, 0.25) is 12.4 Å². The highest BCUT2D eigenvalue weighted by Gasteiger charge is 2.23. The van der Waals surface area contributed by atoms with Gasteiger partial charge in [-0.05, 0) is 25.1 Å². The molecule has 130 valence electrons. The molecule has 0 bridgehead atoms. The van der Waals surface area contributed by atoms with Gasteiger partial charge in [0.1, 0.15) is 5.69 Å². The molecule has 1 aromatic heterocycles. The number of nitrogens with one attached hydrogen (secondary N) is 1.